The van der Waals surface area contributed by atoms with E-state index in [4.69, 9.17) is 40.1 Å². The van der Waals surface area contributed by atoms with Gasteiger partial charge in [-0.15, -0.1) is 18.2 Å². The Hall–Kier alpha value is -3.40. The lowest BCUT2D eigenvalue weighted by Crippen LogP contribution is -2.70. The van der Waals surface area contributed by atoms with Crippen LogP contribution in [-0.4, -0.2) is 122 Å². The number of nitrogens with one attached hydrogen (secondary N) is 1. The summed E-state index contributed by atoms with van der Waals surface area (Å²) in [6, 6.07) is 4.57. The van der Waals surface area contributed by atoms with Gasteiger partial charge >= 0.3 is 12.2 Å². The summed E-state index contributed by atoms with van der Waals surface area (Å²) in [4.78, 5) is 34.4. The first-order valence-electron chi connectivity index (χ1n) is 23.6. The van der Waals surface area contributed by atoms with Gasteiger partial charge in [0.15, 0.2) is 0 Å². The third-order valence-corrected chi connectivity index (χ3v) is 12.6. The first kappa shape index (κ1) is 52.2. The minimum absolute atomic E-state index is 0.0224. The van der Waals surface area contributed by atoms with Crippen LogP contribution in [0.3, 0.4) is 0 Å². The average Bonchev–Trinajstić information content (AvgIpc) is 3.28. The highest BCUT2D eigenvalue weighted by Crippen LogP contribution is 2.62. The van der Waals surface area contributed by atoms with Gasteiger partial charge in [0, 0.05) is 44.2 Å². The molecule has 2 aliphatic carbocycles. The predicted molar refractivity (Wildman–Crippen MR) is 245 cm³/mol. The lowest BCUT2D eigenvalue weighted by Gasteiger charge is -2.59. The second-order valence-corrected chi connectivity index (χ2v) is 17.2. The van der Waals surface area contributed by atoms with Gasteiger partial charge in [-0.1, -0.05) is 94.9 Å². The lowest BCUT2D eigenvalue weighted by molar-refractivity contribution is -0.256. The highest BCUT2D eigenvalue weighted by atomic mass is 35.5. The van der Waals surface area contributed by atoms with E-state index in [0.29, 0.717) is 36.6 Å². The Balaban J connectivity index is 1.75. The normalized spacial score (nSPS) is 22.9. The molecule has 1 aliphatic heterocycles. The number of hydrogen-bond acceptors (Lipinski definition) is 12. The van der Waals surface area contributed by atoms with E-state index in [2.05, 4.69) is 30.1 Å². The van der Waals surface area contributed by atoms with Crippen molar-refractivity contribution in [2.75, 3.05) is 72.3 Å². The van der Waals surface area contributed by atoms with Crippen LogP contribution in [0.5, 0.6) is 11.5 Å². The first-order chi connectivity index (χ1) is 30.8. The van der Waals surface area contributed by atoms with Gasteiger partial charge in [-0.3, -0.25) is 4.90 Å². The molecule has 0 radical (unpaired) electrons. The van der Waals surface area contributed by atoms with Crippen molar-refractivity contribution in [2.45, 2.75) is 134 Å². The maximum Gasteiger partial charge on any atom is 0.412 e. The Kier molecular flexibility index (Phi) is 24.2. The molecule has 0 spiro atoms. The highest BCUT2D eigenvalue weighted by molar-refractivity contribution is 6.18. The second-order valence-electron chi connectivity index (χ2n) is 16.8. The van der Waals surface area contributed by atoms with E-state index < -0.39 is 29.9 Å². The maximum absolute atomic E-state index is 14.1. The standard InChI is InChI=1S/C48H76ClN3O11/c1-4-6-7-8-9-10-11-12-13-16-24-50-46(56)62-37-21-22-42-40(34-37)44-38(20-15-18-27-54)36(19-14-17-26-53)33-39-41(51-58-3)35-43(48(63-42,45(39)44)61-29-5-2)52(25-31-59-32-28-55)47(57)60-30-23-49/h5,21-22,33-34,36,38,43-45,53-55H,2,4,6-20,23-32,35H2,1,3H3,(H,50,56)/t36-,38+,43-,44+,45+,48+/m0/s1. The number of aliphatic hydroxyl groups is 3. The minimum Gasteiger partial charge on any atom is -0.459 e. The topological polar surface area (TPSA) is 178 Å². The van der Waals surface area contributed by atoms with Crippen molar-refractivity contribution in [3.05, 3.63) is 48.1 Å². The number of allylic oxidation sites excluding steroid dienone is 1. The highest BCUT2D eigenvalue weighted by Gasteiger charge is 2.65. The lowest BCUT2D eigenvalue weighted by atomic mass is 9.55. The number of carbonyl (C=O) groups excluding carboxylic acids is 2. The summed E-state index contributed by atoms with van der Waals surface area (Å²) in [6.07, 6.45) is 19.3. The molecular formula is C48H76ClN3O11. The second kappa shape index (κ2) is 29.2. The van der Waals surface area contributed by atoms with Crippen molar-refractivity contribution >= 4 is 29.5 Å². The van der Waals surface area contributed by atoms with Gasteiger partial charge in [0.25, 0.3) is 0 Å². The summed E-state index contributed by atoms with van der Waals surface area (Å²) in [5.74, 6) is -1.41. The van der Waals surface area contributed by atoms with E-state index in [-0.39, 0.29) is 82.8 Å². The molecule has 1 aromatic rings. The molecule has 1 heterocycles. The molecule has 63 heavy (non-hydrogen) atoms. The molecule has 1 saturated carbocycles. The molecule has 14 nitrogen and oxygen atoms in total. The largest absolute Gasteiger partial charge is 0.459 e. The number of fused-ring (bicyclic) bond motifs is 2. The zero-order chi connectivity index (χ0) is 45.3. The third kappa shape index (κ3) is 15.1. The van der Waals surface area contributed by atoms with E-state index >= 15 is 0 Å². The van der Waals surface area contributed by atoms with E-state index in [1.54, 1.807) is 23.1 Å². The van der Waals surface area contributed by atoms with Gasteiger partial charge in [0.05, 0.1) is 43.9 Å². The quantitative estimate of drug-likeness (QED) is 0.0236. The molecule has 2 amide bonds. The fourth-order valence-electron chi connectivity index (χ4n) is 9.68. The Morgan fingerprint density at radius 1 is 0.952 bits per heavy atom. The molecule has 0 bridgehead atoms. The number of unbranched alkanes of at least 4 members (excludes halogenated alkanes) is 11. The van der Waals surface area contributed by atoms with Crippen LogP contribution in [0.25, 0.3) is 0 Å². The van der Waals surface area contributed by atoms with Crippen molar-refractivity contribution in [1.82, 2.24) is 10.2 Å². The Bertz CT molecular complexity index is 1580. The summed E-state index contributed by atoms with van der Waals surface area (Å²) in [7, 11) is 1.49. The zero-order valence-electron chi connectivity index (χ0n) is 38.0. The van der Waals surface area contributed by atoms with Gasteiger partial charge in [0.1, 0.15) is 31.3 Å². The smallest absolute Gasteiger partial charge is 0.412 e. The molecule has 4 N–H and O–H groups in total. The van der Waals surface area contributed by atoms with Crippen LogP contribution in [0.1, 0.15) is 128 Å². The van der Waals surface area contributed by atoms with Crippen LogP contribution in [0.4, 0.5) is 9.59 Å². The number of amides is 2. The molecule has 4 rings (SSSR count). The van der Waals surface area contributed by atoms with E-state index in [1.165, 1.54) is 52.1 Å². The van der Waals surface area contributed by atoms with Crippen molar-refractivity contribution in [3.8, 4) is 11.5 Å². The number of halogens is 1. The number of rotatable bonds is 32. The predicted octanol–water partition coefficient (Wildman–Crippen LogP) is 8.65. The van der Waals surface area contributed by atoms with Crippen LogP contribution < -0.4 is 14.8 Å². The van der Waals surface area contributed by atoms with E-state index in [0.717, 1.165) is 56.1 Å². The molecule has 356 valence electrons. The minimum atomic E-state index is -1.51. The number of aliphatic hydroxyl groups excluding tert-OH is 3. The summed E-state index contributed by atoms with van der Waals surface area (Å²) < 4.78 is 31.4. The van der Waals surface area contributed by atoms with Crippen LogP contribution in [0.15, 0.2) is 47.7 Å². The van der Waals surface area contributed by atoms with Gasteiger partial charge in [0.2, 0.25) is 5.79 Å². The molecular weight excluding hydrogens is 830 g/mol. The molecule has 0 saturated heterocycles. The number of alkyl halides is 1. The van der Waals surface area contributed by atoms with Crippen LogP contribution in [-0.2, 0) is 19.0 Å². The summed E-state index contributed by atoms with van der Waals surface area (Å²) in [5, 5.41) is 36.7. The third-order valence-electron chi connectivity index (χ3n) is 12.5. The molecule has 1 fully saturated rings. The SMILES string of the molecule is C=CCO[C@@]12Oc3ccc(OC(=O)NCCCCCCCCCCCC)cc3[C@H]3[C@H](CCCCO)[C@@H](CCCCO)C=C(C(=NOC)C[C@@H]1N(CCOCCO)C(=O)OCCCl)[C@H]32. The van der Waals surface area contributed by atoms with E-state index in [1.807, 2.05) is 6.07 Å². The van der Waals surface area contributed by atoms with Crippen LogP contribution in [0, 0.1) is 17.8 Å². The Morgan fingerprint density at radius 3 is 2.33 bits per heavy atom. The molecule has 6 atom stereocenters. The Morgan fingerprint density at radius 2 is 1.67 bits per heavy atom. The summed E-state index contributed by atoms with van der Waals surface area (Å²) >= 11 is 6.00. The van der Waals surface area contributed by atoms with Crippen molar-refractivity contribution in [1.29, 1.82) is 0 Å². The van der Waals surface area contributed by atoms with Gasteiger partial charge in [-0.25, -0.2) is 9.59 Å². The molecule has 1 aromatic carbocycles. The summed E-state index contributed by atoms with van der Waals surface area (Å²) in [5.41, 5.74) is 2.31. The molecule has 3 aliphatic rings. The molecule has 15 heteroatoms. The van der Waals surface area contributed by atoms with Crippen molar-refractivity contribution < 1.29 is 53.4 Å². The van der Waals surface area contributed by atoms with Crippen LogP contribution in [0.2, 0.25) is 0 Å². The number of benzene rings is 1. The molecule has 0 aromatic heterocycles. The number of oxime groups is 1. The monoisotopic (exact) mass is 906 g/mol. The van der Waals surface area contributed by atoms with Gasteiger partial charge in [-0.2, -0.15) is 0 Å². The van der Waals surface area contributed by atoms with E-state index in [9.17, 15) is 24.9 Å². The van der Waals surface area contributed by atoms with Gasteiger partial charge < -0.3 is 49.2 Å². The number of ether oxygens (including phenoxy) is 5. The molecule has 0 unspecified atom stereocenters. The number of hydrogen-bond donors (Lipinski definition) is 4. The summed E-state index contributed by atoms with van der Waals surface area (Å²) in [6.45, 7) is 6.98. The average molecular weight is 907 g/mol. The number of carbonyl (C=O) groups is 2. The zero-order valence-corrected chi connectivity index (χ0v) is 38.7. The maximum atomic E-state index is 14.1. The van der Waals surface area contributed by atoms with Crippen molar-refractivity contribution in [3.63, 3.8) is 0 Å². The fraction of sp³-hybridized carbons (Fsp3) is 0.729. The fourth-order valence-corrected chi connectivity index (χ4v) is 9.76. The number of nitrogens with zero attached hydrogens (tertiary/aromatic N) is 2. The Labute approximate surface area is 380 Å². The first-order valence-corrected chi connectivity index (χ1v) is 24.1. The van der Waals surface area contributed by atoms with Crippen LogP contribution >= 0.6 is 11.6 Å². The van der Waals surface area contributed by atoms with Gasteiger partial charge in [-0.05, 0) is 67.7 Å². The van der Waals surface area contributed by atoms with Crippen molar-refractivity contribution in [2.24, 2.45) is 22.9 Å².